The highest BCUT2D eigenvalue weighted by Gasteiger charge is 2.53. The number of amides is 3. The van der Waals surface area contributed by atoms with Gasteiger partial charge in [-0.3, -0.25) is 9.69 Å². The van der Waals surface area contributed by atoms with Crippen LogP contribution in [0.5, 0.6) is 0 Å². The number of hydrogen-bond donors (Lipinski definition) is 1. The van der Waals surface area contributed by atoms with Crippen LogP contribution in [0.25, 0.3) is 0 Å². The van der Waals surface area contributed by atoms with E-state index >= 15 is 0 Å². The molecular weight excluding hydrogens is 456 g/mol. The number of carbonyl (C=O) groups is 2. The minimum atomic E-state index is -3.62. The molecule has 2 aliphatic rings. The number of nitrogens with zero attached hydrogens (tertiary/aromatic N) is 1. The van der Waals surface area contributed by atoms with Crippen LogP contribution < -0.4 is 5.32 Å². The predicted molar refractivity (Wildman–Crippen MR) is 112 cm³/mol. The van der Waals surface area contributed by atoms with Crippen molar-refractivity contribution in [1.29, 1.82) is 0 Å². The lowest BCUT2D eigenvalue weighted by molar-refractivity contribution is -0.131. The average Bonchev–Trinajstić information content (AvgIpc) is 2.83. The normalized spacial score (nSPS) is 21.8. The summed E-state index contributed by atoms with van der Waals surface area (Å²) in [5, 5.41) is 2.89. The van der Waals surface area contributed by atoms with Crippen molar-refractivity contribution < 1.29 is 18.0 Å². The van der Waals surface area contributed by atoms with Crippen LogP contribution in [-0.2, 0) is 26.6 Å². The second kappa shape index (κ2) is 7.57. The third-order valence-corrected chi connectivity index (χ3v) is 7.90. The predicted octanol–water partition coefficient (Wildman–Crippen LogP) is 3.40. The fraction of sp³-hybridized carbons (Fsp3) is 0.333. The molecule has 4 rings (SSSR count). The van der Waals surface area contributed by atoms with Gasteiger partial charge in [-0.15, -0.1) is 0 Å². The second-order valence-corrected chi connectivity index (χ2v) is 10.5. The van der Waals surface area contributed by atoms with Gasteiger partial charge in [0.1, 0.15) is 5.54 Å². The third kappa shape index (κ3) is 3.59. The standard InChI is InChI=1S/C21H21BrN2O4S/c22-16-8-10-17(11-9-16)29(27,28)14-13-24-19(25)21(23-20(24)26)12-4-3-6-15-5-1-2-7-18(15)21/h1-2,5,7-11H,3-4,6,12-14H2,(H,23,26). The van der Waals surface area contributed by atoms with E-state index in [-0.39, 0.29) is 23.1 Å². The maximum absolute atomic E-state index is 13.3. The molecule has 1 N–H and O–H groups in total. The van der Waals surface area contributed by atoms with Crippen LogP contribution in [0.3, 0.4) is 0 Å². The van der Waals surface area contributed by atoms with E-state index in [1.54, 1.807) is 12.1 Å². The molecule has 1 aliphatic heterocycles. The van der Waals surface area contributed by atoms with E-state index in [4.69, 9.17) is 0 Å². The van der Waals surface area contributed by atoms with Crippen molar-refractivity contribution in [1.82, 2.24) is 10.2 Å². The van der Waals surface area contributed by atoms with Crippen LogP contribution >= 0.6 is 15.9 Å². The quantitative estimate of drug-likeness (QED) is 0.685. The summed E-state index contributed by atoms with van der Waals surface area (Å²) in [6.45, 7) is -0.174. The lowest BCUT2D eigenvalue weighted by atomic mass is 9.84. The monoisotopic (exact) mass is 476 g/mol. The number of imide groups is 1. The van der Waals surface area contributed by atoms with Crippen LogP contribution in [0.2, 0.25) is 0 Å². The molecule has 1 aliphatic carbocycles. The summed E-state index contributed by atoms with van der Waals surface area (Å²) in [6, 6.07) is 13.5. The molecule has 6 nitrogen and oxygen atoms in total. The molecule has 3 amide bonds. The number of benzene rings is 2. The van der Waals surface area contributed by atoms with Crippen molar-refractivity contribution in [3.8, 4) is 0 Å². The van der Waals surface area contributed by atoms with Crippen LogP contribution in [0.1, 0.15) is 30.4 Å². The Hall–Kier alpha value is -2.19. The van der Waals surface area contributed by atoms with Gasteiger partial charge in [0.25, 0.3) is 5.91 Å². The van der Waals surface area contributed by atoms with E-state index in [0.717, 1.165) is 39.8 Å². The number of fused-ring (bicyclic) bond motifs is 2. The van der Waals surface area contributed by atoms with Crippen molar-refractivity contribution in [2.75, 3.05) is 12.3 Å². The summed E-state index contributed by atoms with van der Waals surface area (Å²) in [5.41, 5.74) is 0.794. The van der Waals surface area contributed by atoms with Gasteiger partial charge in [-0.25, -0.2) is 13.2 Å². The molecule has 1 heterocycles. The van der Waals surface area contributed by atoms with Crippen molar-refractivity contribution in [3.63, 3.8) is 0 Å². The smallest absolute Gasteiger partial charge is 0.319 e. The van der Waals surface area contributed by atoms with Crippen molar-refractivity contribution >= 4 is 37.7 Å². The molecule has 1 atom stereocenters. The highest BCUT2D eigenvalue weighted by molar-refractivity contribution is 9.10. The number of aryl methyl sites for hydroxylation is 1. The van der Waals surface area contributed by atoms with Crippen LogP contribution in [0.15, 0.2) is 57.9 Å². The summed E-state index contributed by atoms with van der Waals surface area (Å²) >= 11 is 3.28. The van der Waals surface area contributed by atoms with E-state index in [0.29, 0.717) is 6.42 Å². The molecule has 2 aromatic carbocycles. The Balaban J connectivity index is 1.59. The molecule has 1 saturated heterocycles. The molecule has 2 aromatic rings. The molecule has 1 spiro atoms. The number of hydrogen-bond acceptors (Lipinski definition) is 4. The molecular formula is C21H21BrN2O4S. The van der Waals surface area contributed by atoms with Gasteiger partial charge in [0, 0.05) is 11.0 Å². The van der Waals surface area contributed by atoms with Gasteiger partial charge in [-0.05, 0) is 61.1 Å². The Bertz CT molecular complexity index is 1070. The first-order valence-corrected chi connectivity index (χ1v) is 12.0. The third-order valence-electron chi connectivity index (χ3n) is 5.66. The van der Waals surface area contributed by atoms with Crippen molar-refractivity contribution in [3.05, 3.63) is 64.1 Å². The zero-order chi connectivity index (χ0) is 20.6. The molecule has 0 aromatic heterocycles. The van der Waals surface area contributed by atoms with Gasteiger partial charge >= 0.3 is 6.03 Å². The van der Waals surface area contributed by atoms with Gasteiger partial charge in [0.2, 0.25) is 0 Å². The van der Waals surface area contributed by atoms with Crippen molar-refractivity contribution in [2.45, 2.75) is 36.1 Å². The molecule has 152 valence electrons. The maximum Gasteiger partial charge on any atom is 0.325 e. The Morgan fingerprint density at radius 1 is 1.03 bits per heavy atom. The molecule has 0 saturated carbocycles. The molecule has 0 radical (unpaired) electrons. The number of carbonyl (C=O) groups excluding carboxylic acids is 2. The van der Waals surface area contributed by atoms with Gasteiger partial charge in [0.15, 0.2) is 9.84 Å². The zero-order valence-corrected chi connectivity index (χ0v) is 18.1. The van der Waals surface area contributed by atoms with E-state index in [2.05, 4.69) is 21.2 Å². The summed E-state index contributed by atoms with van der Waals surface area (Å²) < 4.78 is 26.1. The van der Waals surface area contributed by atoms with Gasteiger partial charge in [-0.1, -0.05) is 40.2 Å². The Kier molecular flexibility index (Phi) is 5.25. The second-order valence-electron chi connectivity index (χ2n) is 7.43. The molecule has 1 fully saturated rings. The molecule has 8 heteroatoms. The van der Waals surface area contributed by atoms with Crippen LogP contribution in [0.4, 0.5) is 4.79 Å². The lowest BCUT2D eigenvalue weighted by Gasteiger charge is -2.27. The van der Waals surface area contributed by atoms with Gasteiger partial charge < -0.3 is 5.32 Å². The first-order valence-electron chi connectivity index (χ1n) is 9.54. The highest BCUT2D eigenvalue weighted by Crippen LogP contribution is 2.39. The Morgan fingerprint density at radius 3 is 2.52 bits per heavy atom. The summed E-state index contributed by atoms with van der Waals surface area (Å²) in [4.78, 5) is 27.2. The summed E-state index contributed by atoms with van der Waals surface area (Å²) in [6.07, 6.45) is 3.13. The molecule has 1 unspecified atom stereocenters. The molecule has 0 bridgehead atoms. The van der Waals surface area contributed by atoms with E-state index in [9.17, 15) is 18.0 Å². The average molecular weight is 477 g/mol. The number of rotatable bonds is 4. The topological polar surface area (TPSA) is 83.6 Å². The Morgan fingerprint density at radius 2 is 1.76 bits per heavy atom. The zero-order valence-electron chi connectivity index (χ0n) is 15.7. The van der Waals surface area contributed by atoms with Gasteiger partial charge in [-0.2, -0.15) is 0 Å². The van der Waals surface area contributed by atoms with Crippen LogP contribution in [0, 0.1) is 0 Å². The van der Waals surface area contributed by atoms with Gasteiger partial charge in [0.05, 0.1) is 10.6 Å². The highest BCUT2D eigenvalue weighted by atomic mass is 79.9. The minimum Gasteiger partial charge on any atom is -0.319 e. The summed E-state index contributed by atoms with van der Waals surface area (Å²) in [5.74, 6) is -0.672. The number of halogens is 1. The van der Waals surface area contributed by atoms with E-state index in [1.165, 1.54) is 12.1 Å². The first kappa shape index (κ1) is 20.1. The summed E-state index contributed by atoms with van der Waals surface area (Å²) in [7, 11) is -3.62. The van der Waals surface area contributed by atoms with E-state index in [1.807, 2.05) is 24.3 Å². The number of nitrogens with one attached hydrogen (secondary N) is 1. The van der Waals surface area contributed by atoms with Crippen LogP contribution in [-0.4, -0.2) is 37.6 Å². The Labute approximate surface area is 178 Å². The minimum absolute atomic E-state index is 0.169. The fourth-order valence-electron chi connectivity index (χ4n) is 4.15. The lowest BCUT2D eigenvalue weighted by Crippen LogP contribution is -2.44. The SMILES string of the molecule is O=C1NC2(CCCCc3ccccc32)C(=O)N1CCS(=O)(=O)c1ccc(Br)cc1. The first-order chi connectivity index (χ1) is 13.8. The largest absolute Gasteiger partial charge is 0.325 e. The molecule has 29 heavy (non-hydrogen) atoms. The number of urea groups is 1. The maximum atomic E-state index is 13.3. The van der Waals surface area contributed by atoms with E-state index < -0.39 is 21.4 Å². The van der Waals surface area contributed by atoms with Crippen molar-refractivity contribution in [2.24, 2.45) is 0 Å². The fourth-order valence-corrected chi connectivity index (χ4v) is 5.62. The number of sulfone groups is 1.